The average molecular weight is 789 g/mol. The van der Waals surface area contributed by atoms with E-state index in [0.717, 1.165) is 9.47 Å². The van der Waals surface area contributed by atoms with Crippen LogP contribution in [0.25, 0.3) is 10.9 Å². The minimum atomic E-state index is -5.12. The van der Waals surface area contributed by atoms with Crippen LogP contribution in [0.4, 0.5) is 39.5 Å². The molecule has 2 fully saturated rings. The number of nitrogens with one attached hydrogen (secondary N) is 1. The highest BCUT2D eigenvalue weighted by molar-refractivity contribution is 5.88. The number of benzene rings is 2. The molecule has 55 heavy (non-hydrogen) atoms. The third kappa shape index (κ3) is 8.09. The van der Waals surface area contributed by atoms with Gasteiger partial charge in [0, 0.05) is 50.0 Å². The Bertz CT molecular complexity index is 1980. The number of aliphatic carboxylic acids is 1. The van der Waals surface area contributed by atoms with Crippen molar-refractivity contribution in [3.05, 3.63) is 80.1 Å². The first-order valence-electron chi connectivity index (χ1n) is 18.1. The smallest absolute Gasteiger partial charge is 0.417 e. The highest BCUT2D eigenvalue weighted by atomic mass is 19.4. The number of aromatic nitrogens is 1. The number of carbonyl (C=O) groups excluding carboxylic acids is 1. The van der Waals surface area contributed by atoms with Gasteiger partial charge in [0.05, 0.1) is 17.6 Å². The highest BCUT2D eigenvalue weighted by Crippen LogP contribution is 2.48. The van der Waals surface area contributed by atoms with Crippen molar-refractivity contribution in [2.75, 3.05) is 32.7 Å². The lowest BCUT2D eigenvalue weighted by Crippen LogP contribution is -2.59. The predicted molar refractivity (Wildman–Crippen MR) is 184 cm³/mol. The van der Waals surface area contributed by atoms with E-state index in [9.17, 15) is 45.8 Å². The van der Waals surface area contributed by atoms with Crippen molar-refractivity contribution in [3.8, 4) is 0 Å². The molecule has 3 aliphatic rings. The Labute approximate surface area is 310 Å². The molecule has 300 valence electrons. The first kappa shape index (κ1) is 40.5. The maximum atomic E-state index is 15.1. The molecule has 0 saturated carbocycles. The molecule has 17 heteroatoms. The van der Waals surface area contributed by atoms with Gasteiger partial charge in [-0.2, -0.15) is 26.3 Å². The van der Waals surface area contributed by atoms with Gasteiger partial charge in [-0.1, -0.05) is 24.3 Å². The largest absolute Gasteiger partial charge is 0.480 e. The second kappa shape index (κ2) is 15.4. The Kier molecular flexibility index (Phi) is 11.4. The highest BCUT2D eigenvalue weighted by Gasteiger charge is 2.61. The molecule has 1 amide bonds. The molecule has 2 aliphatic heterocycles. The molecule has 2 aromatic carbocycles. The van der Waals surface area contributed by atoms with Crippen molar-refractivity contribution in [3.63, 3.8) is 0 Å². The summed E-state index contributed by atoms with van der Waals surface area (Å²) in [5.74, 6) is -4.32. The first-order valence-corrected chi connectivity index (χ1v) is 18.1. The van der Waals surface area contributed by atoms with Gasteiger partial charge in [0.1, 0.15) is 17.6 Å². The maximum absolute atomic E-state index is 15.1. The third-order valence-corrected chi connectivity index (χ3v) is 11.5. The molecular weight excluding hydrogens is 747 g/mol. The zero-order valence-electron chi connectivity index (χ0n) is 29.9. The van der Waals surface area contributed by atoms with Gasteiger partial charge in [0.25, 0.3) is 12.0 Å². The minimum Gasteiger partial charge on any atom is -0.480 e. The quantitative estimate of drug-likeness (QED) is 0.226. The van der Waals surface area contributed by atoms with Crippen LogP contribution in [0.3, 0.4) is 0 Å². The van der Waals surface area contributed by atoms with Gasteiger partial charge in [0.2, 0.25) is 5.91 Å². The lowest BCUT2D eigenvalue weighted by molar-refractivity contribution is -0.233. The number of hydrogen-bond acceptors (Lipinski definition) is 5. The van der Waals surface area contributed by atoms with Crippen molar-refractivity contribution < 1.29 is 54.2 Å². The fourth-order valence-electron chi connectivity index (χ4n) is 8.55. The molecule has 2 atom stereocenters. The van der Waals surface area contributed by atoms with E-state index in [1.54, 1.807) is 6.07 Å². The molecule has 0 unspecified atom stereocenters. The number of rotatable bonds is 10. The van der Waals surface area contributed by atoms with Crippen LogP contribution in [0.1, 0.15) is 71.4 Å². The van der Waals surface area contributed by atoms with E-state index in [1.807, 2.05) is 10.2 Å². The van der Waals surface area contributed by atoms with Crippen LogP contribution in [-0.2, 0) is 42.2 Å². The van der Waals surface area contributed by atoms with Crippen LogP contribution < -0.4 is 10.9 Å². The number of fused-ring (bicyclic) bond motifs is 2. The summed E-state index contributed by atoms with van der Waals surface area (Å²) in [6, 6.07) is 7.11. The molecule has 1 aromatic heterocycles. The average Bonchev–Trinajstić information content (AvgIpc) is 3.54. The van der Waals surface area contributed by atoms with Crippen LogP contribution >= 0.6 is 0 Å². The van der Waals surface area contributed by atoms with Crippen molar-refractivity contribution in [1.29, 1.82) is 0 Å². The molecular formula is C38H41F9N4O4. The van der Waals surface area contributed by atoms with Gasteiger partial charge < -0.3 is 15.0 Å². The summed E-state index contributed by atoms with van der Waals surface area (Å²) in [4.78, 5) is 42.6. The summed E-state index contributed by atoms with van der Waals surface area (Å²) in [5, 5.41) is 11.9. The number of pyridine rings is 1. The molecule has 8 nitrogen and oxygen atoms in total. The zero-order valence-corrected chi connectivity index (χ0v) is 29.9. The Morgan fingerprint density at radius 2 is 1.64 bits per heavy atom. The molecule has 2 N–H and O–H groups in total. The van der Waals surface area contributed by atoms with Crippen LogP contribution in [-0.4, -0.2) is 88.9 Å². The SMILES string of the molecule is Cn1c(=O)c([C@@H]2CCc3c(C[C@H](NC(=O)C4(C(F)(F)F)CCN(CC(F)F)CC4)C(=O)O)cccc32)c(C(F)(F)F)c2cc(CN3CCC(F)CC3)ccc21. The van der Waals surface area contributed by atoms with Crippen molar-refractivity contribution in [2.45, 2.75) is 88.4 Å². The van der Waals surface area contributed by atoms with Gasteiger partial charge in [-0.3, -0.25) is 19.4 Å². The first-order chi connectivity index (χ1) is 25.8. The minimum absolute atomic E-state index is 0.0461. The van der Waals surface area contributed by atoms with E-state index in [1.165, 1.54) is 37.4 Å². The number of carboxylic acids is 1. The van der Waals surface area contributed by atoms with Gasteiger partial charge in [-0.25, -0.2) is 18.0 Å². The van der Waals surface area contributed by atoms with E-state index >= 15 is 13.2 Å². The lowest BCUT2D eigenvalue weighted by Gasteiger charge is -2.41. The van der Waals surface area contributed by atoms with Crippen LogP contribution in [0, 0.1) is 5.41 Å². The summed E-state index contributed by atoms with van der Waals surface area (Å²) in [7, 11) is 1.38. The van der Waals surface area contributed by atoms with Gasteiger partial charge in [-0.15, -0.1) is 0 Å². The number of halogens is 9. The summed E-state index contributed by atoms with van der Waals surface area (Å²) >= 11 is 0. The third-order valence-electron chi connectivity index (χ3n) is 11.5. The zero-order chi connectivity index (χ0) is 40.0. The Morgan fingerprint density at radius 1 is 0.964 bits per heavy atom. The molecule has 0 bridgehead atoms. The number of aryl methyl sites for hydroxylation is 1. The van der Waals surface area contributed by atoms with Gasteiger partial charge in [-0.05, 0) is 86.0 Å². The summed E-state index contributed by atoms with van der Waals surface area (Å²) in [5.41, 5.74) is -3.80. The number of alkyl halides is 9. The maximum Gasteiger partial charge on any atom is 0.417 e. The number of piperidine rings is 2. The molecule has 0 spiro atoms. The van der Waals surface area contributed by atoms with E-state index in [-0.39, 0.29) is 35.9 Å². The van der Waals surface area contributed by atoms with E-state index < -0.39 is 110 Å². The summed E-state index contributed by atoms with van der Waals surface area (Å²) in [6.45, 7) is -0.511. The van der Waals surface area contributed by atoms with Crippen molar-refractivity contribution in [1.82, 2.24) is 19.7 Å². The van der Waals surface area contributed by atoms with E-state index in [0.29, 0.717) is 42.6 Å². The van der Waals surface area contributed by atoms with E-state index in [2.05, 4.69) is 0 Å². The van der Waals surface area contributed by atoms with Crippen molar-refractivity contribution >= 4 is 22.8 Å². The fraction of sp³-hybridized carbons (Fsp3) is 0.553. The number of hydrogen-bond donors (Lipinski definition) is 2. The molecule has 3 aromatic rings. The number of nitrogens with zero attached hydrogens (tertiary/aromatic N) is 3. The number of carboxylic acid groups (broad SMARTS) is 1. The number of carbonyl (C=O) groups is 2. The molecule has 6 rings (SSSR count). The van der Waals surface area contributed by atoms with E-state index in [4.69, 9.17) is 0 Å². The van der Waals surface area contributed by atoms with Crippen LogP contribution in [0.5, 0.6) is 0 Å². The lowest BCUT2D eigenvalue weighted by atomic mass is 9.76. The standard InChI is InChI=1S/C38H41F9N4O4/c1-49-29-8-5-21(19-50-13-9-23(39)10-14-50)17-27(29)32(37(42,43)44)31(33(49)52)26-7-6-24-22(3-2-4-25(24)26)18-28(34(53)54)48-35(55)36(38(45,46)47)11-15-51(16-12-36)20-30(40)41/h2-5,8,17,23,26,28,30H,6-7,9-16,18-20H2,1H3,(H,48,55)(H,53,54)/t26-,28+/m1/s1. The second-order valence-electron chi connectivity index (χ2n) is 14.9. The molecule has 3 heterocycles. The number of likely N-dealkylation sites (tertiary alicyclic amines) is 2. The monoisotopic (exact) mass is 788 g/mol. The molecule has 0 radical (unpaired) electrons. The Balaban J connectivity index is 1.32. The predicted octanol–water partition coefficient (Wildman–Crippen LogP) is 6.59. The van der Waals surface area contributed by atoms with Crippen LogP contribution in [0.2, 0.25) is 0 Å². The fourth-order valence-corrected chi connectivity index (χ4v) is 8.55. The summed E-state index contributed by atoms with van der Waals surface area (Å²) < 4.78 is 129. The summed E-state index contributed by atoms with van der Waals surface area (Å²) in [6.07, 6.45) is -15.2. The number of amides is 1. The van der Waals surface area contributed by atoms with Gasteiger partial charge in [0.15, 0.2) is 0 Å². The Hall–Kier alpha value is -4.12. The second-order valence-corrected chi connectivity index (χ2v) is 14.9. The van der Waals surface area contributed by atoms with Gasteiger partial charge >= 0.3 is 18.3 Å². The Morgan fingerprint density at radius 3 is 2.24 bits per heavy atom. The molecule has 2 saturated heterocycles. The normalized spacial score (nSPS) is 20.5. The topological polar surface area (TPSA) is 94.9 Å². The van der Waals surface area contributed by atoms with Crippen molar-refractivity contribution in [2.24, 2.45) is 12.5 Å². The molecule has 1 aliphatic carbocycles. The van der Waals surface area contributed by atoms with Crippen LogP contribution in [0.15, 0.2) is 41.2 Å².